The van der Waals surface area contributed by atoms with E-state index in [1.54, 1.807) is 7.11 Å². The van der Waals surface area contributed by atoms with Gasteiger partial charge in [-0.3, -0.25) is 0 Å². The molecule has 1 N–H and O–H groups in total. The summed E-state index contributed by atoms with van der Waals surface area (Å²) in [5.41, 5.74) is 1.16. The zero-order chi connectivity index (χ0) is 21.0. The number of methoxy groups -OCH3 is 1. The van der Waals surface area contributed by atoms with Crippen LogP contribution in [0.3, 0.4) is 0 Å². The van der Waals surface area contributed by atoms with Crippen LogP contribution >= 0.6 is 24.0 Å². The Hall–Kier alpha value is -2.00. The van der Waals surface area contributed by atoms with Gasteiger partial charge < -0.3 is 24.4 Å². The molecule has 2 aromatic carbocycles. The molecule has 0 atom stereocenters. The molecular weight excluding hydrogens is 505 g/mol. The van der Waals surface area contributed by atoms with Gasteiger partial charge in [-0.05, 0) is 36.8 Å². The standard InChI is InChI=1S/C24H33N3O3.HI/c1-3-25-24(26-19-20-9-11-21(12-10-20)29-18-17-28-2)27-15-13-23(14-16-27)30-22-7-5-4-6-8-22;/h4-12,23H,3,13-19H2,1-2H3,(H,25,26);1H. The Kier molecular flexibility index (Phi) is 11.5. The first kappa shape index (κ1) is 25.3. The van der Waals surface area contributed by atoms with E-state index in [1.807, 2.05) is 42.5 Å². The predicted octanol–water partition coefficient (Wildman–Crippen LogP) is 4.34. The van der Waals surface area contributed by atoms with Crippen LogP contribution in [0.2, 0.25) is 0 Å². The Balaban J connectivity index is 0.00000341. The summed E-state index contributed by atoms with van der Waals surface area (Å²) in [6.07, 6.45) is 2.25. The van der Waals surface area contributed by atoms with E-state index in [2.05, 4.69) is 29.3 Å². The molecule has 0 spiro atoms. The van der Waals surface area contributed by atoms with Gasteiger partial charge in [0.1, 0.15) is 24.2 Å². The monoisotopic (exact) mass is 539 g/mol. The first-order valence-corrected chi connectivity index (χ1v) is 10.7. The van der Waals surface area contributed by atoms with Gasteiger partial charge in [-0.2, -0.15) is 0 Å². The molecule has 1 fully saturated rings. The van der Waals surface area contributed by atoms with Crippen LogP contribution in [0.4, 0.5) is 0 Å². The predicted molar refractivity (Wildman–Crippen MR) is 136 cm³/mol. The second kappa shape index (κ2) is 14.1. The molecular formula is C24H34IN3O3. The van der Waals surface area contributed by atoms with Crippen molar-refractivity contribution >= 4 is 29.9 Å². The van der Waals surface area contributed by atoms with Crippen LogP contribution in [-0.4, -0.2) is 56.9 Å². The Bertz CT molecular complexity index is 763. The average Bonchev–Trinajstić information content (AvgIpc) is 2.79. The molecule has 6 nitrogen and oxygen atoms in total. The molecule has 1 aliphatic heterocycles. The fourth-order valence-corrected chi connectivity index (χ4v) is 3.40. The molecule has 0 saturated carbocycles. The van der Waals surface area contributed by atoms with Gasteiger partial charge in [-0.15, -0.1) is 24.0 Å². The van der Waals surface area contributed by atoms with E-state index in [1.165, 1.54) is 0 Å². The molecule has 1 heterocycles. The third-order valence-electron chi connectivity index (χ3n) is 5.01. The van der Waals surface area contributed by atoms with Crippen molar-refractivity contribution in [3.63, 3.8) is 0 Å². The van der Waals surface area contributed by atoms with E-state index in [9.17, 15) is 0 Å². The number of likely N-dealkylation sites (tertiary alicyclic amines) is 1. The Morgan fingerprint density at radius 2 is 1.71 bits per heavy atom. The van der Waals surface area contributed by atoms with Crippen LogP contribution in [0, 0.1) is 0 Å². The van der Waals surface area contributed by atoms with E-state index in [0.717, 1.165) is 55.5 Å². The van der Waals surface area contributed by atoms with Crippen molar-refractivity contribution in [2.75, 3.05) is 40.0 Å². The van der Waals surface area contributed by atoms with Crippen molar-refractivity contribution < 1.29 is 14.2 Å². The Morgan fingerprint density at radius 3 is 2.35 bits per heavy atom. The number of halogens is 1. The second-order valence-electron chi connectivity index (χ2n) is 7.27. The van der Waals surface area contributed by atoms with E-state index in [0.29, 0.717) is 19.8 Å². The first-order valence-electron chi connectivity index (χ1n) is 10.7. The lowest BCUT2D eigenvalue weighted by molar-refractivity contribution is 0.129. The number of nitrogens with zero attached hydrogens (tertiary/aromatic N) is 2. The number of benzene rings is 2. The van der Waals surface area contributed by atoms with E-state index < -0.39 is 0 Å². The topological polar surface area (TPSA) is 55.3 Å². The van der Waals surface area contributed by atoms with Crippen LogP contribution in [0.5, 0.6) is 11.5 Å². The molecule has 7 heteroatoms. The number of rotatable bonds is 9. The number of aliphatic imine (C=N–C) groups is 1. The molecule has 0 aromatic heterocycles. The number of hydrogen-bond acceptors (Lipinski definition) is 4. The van der Waals surface area contributed by atoms with Crippen molar-refractivity contribution in [3.05, 3.63) is 60.2 Å². The number of guanidine groups is 1. The highest BCUT2D eigenvalue weighted by atomic mass is 127. The highest BCUT2D eigenvalue weighted by Crippen LogP contribution is 2.19. The molecule has 0 radical (unpaired) electrons. The zero-order valence-corrected chi connectivity index (χ0v) is 20.8. The molecule has 0 aliphatic carbocycles. The van der Waals surface area contributed by atoms with E-state index >= 15 is 0 Å². The third-order valence-corrected chi connectivity index (χ3v) is 5.01. The van der Waals surface area contributed by atoms with Gasteiger partial charge in [-0.25, -0.2) is 4.99 Å². The minimum atomic E-state index is 0. The van der Waals surface area contributed by atoms with Gasteiger partial charge in [0.05, 0.1) is 13.2 Å². The maximum Gasteiger partial charge on any atom is 0.194 e. The van der Waals surface area contributed by atoms with Crippen molar-refractivity contribution in [2.24, 2.45) is 4.99 Å². The lowest BCUT2D eigenvalue weighted by Gasteiger charge is -2.34. The summed E-state index contributed by atoms with van der Waals surface area (Å²) in [5.74, 6) is 2.77. The molecule has 2 aromatic rings. The summed E-state index contributed by atoms with van der Waals surface area (Å²) >= 11 is 0. The smallest absolute Gasteiger partial charge is 0.194 e. The summed E-state index contributed by atoms with van der Waals surface area (Å²) in [6.45, 7) is 6.62. The van der Waals surface area contributed by atoms with Crippen molar-refractivity contribution in [1.82, 2.24) is 10.2 Å². The number of nitrogens with one attached hydrogen (secondary N) is 1. The highest BCUT2D eigenvalue weighted by Gasteiger charge is 2.22. The largest absolute Gasteiger partial charge is 0.491 e. The Morgan fingerprint density at radius 1 is 1.00 bits per heavy atom. The summed E-state index contributed by atoms with van der Waals surface area (Å²) in [7, 11) is 1.67. The van der Waals surface area contributed by atoms with Crippen molar-refractivity contribution in [2.45, 2.75) is 32.4 Å². The first-order chi connectivity index (χ1) is 14.8. The molecule has 0 amide bonds. The molecule has 170 valence electrons. The van der Waals surface area contributed by atoms with Crippen LogP contribution in [-0.2, 0) is 11.3 Å². The lowest BCUT2D eigenvalue weighted by atomic mass is 10.1. The maximum absolute atomic E-state index is 6.11. The van der Waals surface area contributed by atoms with Crippen molar-refractivity contribution in [1.29, 1.82) is 0 Å². The summed E-state index contributed by atoms with van der Waals surface area (Å²) < 4.78 is 16.7. The minimum absolute atomic E-state index is 0. The fourth-order valence-electron chi connectivity index (χ4n) is 3.40. The lowest BCUT2D eigenvalue weighted by Crippen LogP contribution is -2.47. The average molecular weight is 539 g/mol. The summed E-state index contributed by atoms with van der Waals surface area (Å²) in [6, 6.07) is 18.2. The summed E-state index contributed by atoms with van der Waals surface area (Å²) in [4.78, 5) is 7.18. The number of piperidine rings is 1. The van der Waals surface area contributed by atoms with Gasteiger partial charge in [-0.1, -0.05) is 30.3 Å². The molecule has 1 aliphatic rings. The minimum Gasteiger partial charge on any atom is -0.491 e. The molecule has 0 bridgehead atoms. The zero-order valence-electron chi connectivity index (χ0n) is 18.5. The number of para-hydroxylation sites is 1. The SMILES string of the molecule is CCNC(=NCc1ccc(OCCOC)cc1)N1CCC(Oc2ccccc2)CC1.I. The van der Waals surface area contributed by atoms with Gasteiger partial charge in [0, 0.05) is 39.6 Å². The van der Waals surface area contributed by atoms with Crippen LogP contribution in [0.1, 0.15) is 25.3 Å². The number of hydrogen-bond donors (Lipinski definition) is 1. The van der Waals surface area contributed by atoms with E-state index in [4.69, 9.17) is 19.2 Å². The van der Waals surface area contributed by atoms with Gasteiger partial charge in [0.2, 0.25) is 0 Å². The normalized spacial score (nSPS) is 14.6. The van der Waals surface area contributed by atoms with Crippen molar-refractivity contribution in [3.8, 4) is 11.5 Å². The highest BCUT2D eigenvalue weighted by molar-refractivity contribution is 14.0. The third kappa shape index (κ3) is 8.57. The quantitative estimate of drug-likeness (QED) is 0.223. The fraction of sp³-hybridized carbons (Fsp3) is 0.458. The molecule has 1 saturated heterocycles. The van der Waals surface area contributed by atoms with Crippen LogP contribution in [0.25, 0.3) is 0 Å². The van der Waals surface area contributed by atoms with Gasteiger partial charge in [0.15, 0.2) is 5.96 Å². The molecule has 3 rings (SSSR count). The van der Waals surface area contributed by atoms with Gasteiger partial charge in [0.25, 0.3) is 0 Å². The number of ether oxygens (including phenoxy) is 3. The maximum atomic E-state index is 6.11. The second-order valence-corrected chi connectivity index (χ2v) is 7.27. The summed E-state index contributed by atoms with van der Waals surface area (Å²) in [5, 5.41) is 3.43. The van der Waals surface area contributed by atoms with Crippen LogP contribution in [0.15, 0.2) is 59.6 Å². The van der Waals surface area contributed by atoms with Crippen LogP contribution < -0.4 is 14.8 Å². The molecule has 31 heavy (non-hydrogen) atoms. The Labute approximate surface area is 203 Å². The van der Waals surface area contributed by atoms with Gasteiger partial charge >= 0.3 is 0 Å². The van der Waals surface area contributed by atoms with E-state index in [-0.39, 0.29) is 30.1 Å². The molecule has 0 unspecified atom stereocenters.